The van der Waals surface area contributed by atoms with Crippen LogP contribution >= 0.6 is 0 Å². The summed E-state index contributed by atoms with van der Waals surface area (Å²) in [4.78, 5) is 0. The van der Waals surface area contributed by atoms with Gasteiger partial charge in [-0.15, -0.1) is 0 Å². The highest BCUT2D eigenvalue weighted by atomic mass is 32.2. The van der Waals surface area contributed by atoms with Crippen molar-refractivity contribution in [2.45, 2.75) is 19.8 Å². The van der Waals surface area contributed by atoms with Crippen LogP contribution in [-0.2, 0) is 10.2 Å². The molecule has 0 aromatic heterocycles. The van der Waals surface area contributed by atoms with Crippen LogP contribution in [0, 0.1) is 5.92 Å². The van der Waals surface area contributed by atoms with Gasteiger partial charge in [-0.05, 0) is 18.9 Å². The highest BCUT2D eigenvalue weighted by Crippen LogP contribution is 2.11. The van der Waals surface area contributed by atoms with Gasteiger partial charge in [0.2, 0.25) is 0 Å². The highest BCUT2D eigenvalue weighted by Gasteiger charge is 2.29. The van der Waals surface area contributed by atoms with E-state index in [2.05, 4.69) is 4.72 Å². The molecular formula is C8H19N3O2S. The molecule has 0 spiro atoms. The number of hydrogen-bond acceptors (Lipinski definition) is 3. The zero-order chi connectivity index (χ0) is 10.6. The third-order valence-corrected chi connectivity index (χ3v) is 3.99. The van der Waals surface area contributed by atoms with Crippen molar-refractivity contribution in [3.63, 3.8) is 0 Å². The smallest absolute Gasteiger partial charge is 0.279 e. The topological polar surface area (TPSA) is 75.4 Å². The summed E-state index contributed by atoms with van der Waals surface area (Å²) >= 11 is 0. The van der Waals surface area contributed by atoms with Crippen LogP contribution in [0.15, 0.2) is 0 Å². The Morgan fingerprint density at radius 1 is 1.57 bits per heavy atom. The number of rotatable bonds is 4. The second-order valence-corrected chi connectivity index (χ2v) is 5.42. The quantitative estimate of drug-likeness (QED) is 0.673. The van der Waals surface area contributed by atoms with Gasteiger partial charge in [0, 0.05) is 19.6 Å². The first kappa shape index (κ1) is 11.9. The Morgan fingerprint density at radius 2 is 2.29 bits per heavy atom. The summed E-state index contributed by atoms with van der Waals surface area (Å²) in [5.41, 5.74) is 5.52. The molecule has 0 saturated carbocycles. The van der Waals surface area contributed by atoms with Crippen molar-refractivity contribution in [2.75, 3.05) is 26.2 Å². The van der Waals surface area contributed by atoms with E-state index in [1.807, 2.05) is 6.92 Å². The maximum atomic E-state index is 11.5. The Hall–Kier alpha value is -0.170. The van der Waals surface area contributed by atoms with Crippen molar-refractivity contribution in [2.24, 2.45) is 11.7 Å². The Bertz CT molecular complexity index is 266. The lowest BCUT2D eigenvalue weighted by molar-refractivity contribution is 0.308. The van der Waals surface area contributed by atoms with Gasteiger partial charge in [0.25, 0.3) is 10.2 Å². The van der Waals surface area contributed by atoms with E-state index in [1.165, 1.54) is 4.31 Å². The first-order chi connectivity index (χ1) is 6.60. The molecular weight excluding hydrogens is 202 g/mol. The number of hydrogen-bond donors (Lipinski definition) is 2. The van der Waals surface area contributed by atoms with Crippen molar-refractivity contribution in [1.29, 1.82) is 0 Å². The average Bonchev–Trinajstić information content (AvgIpc) is 2.16. The van der Waals surface area contributed by atoms with Crippen molar-refractivity contribution in [3.8, 4) is 0 Å². The first-order valence-electron chi connectivity index (χ1n) is 5.05. The normalized spacial score (nSPS) is 27.7. The van der Waals surface area contributed by atoms with E-state index in [4.69, 9.17) is 5.73 Å². The van der Waals surface area contributed by atoms with Crippen LogP contribution in [0.1, 0.15) is 19.8 Å². The van der Waals surface area contributed by atoms with Crippen LogP contribution < -0.4 is 10.5 Å². The number of nitrogens with one attached hydrogen (secondary N) is 1. The van der Waals surface area contributed by atoms with Gasteiger partial charge in [-0.25, -0.2) is 4.72 Å². The molecule has 0 aromatic rings. The molecule has 1 aliphatic heterocycles. The fraction of sp³-hybridized carbons (Fsp3) is 1.00. The molecule has 1 atom stereocenters. The van der Waals surface area contributed by atoms with Crippen LogP contribution in [0.25, 0.3) is 0 Å². The molecule has 1 aliphatic rings. The molecule has 1 rings (SSSR count). The summed E-state index contributed by atoms with van der Waals surface area (Å²) < 4.78 is 27.1. The Labute approximate surface area is 85.8 Å². The molecule has 5 nitrogen and oxygen atoms in total. The van der Waals surface area contributed by atoms with Crippen molar-refractivity contribution in [3.05, 3.63) is 0 Å². The van der Waals surface area contributed by atoms with E-state index in [-0.39, 0.29) is 5.92 Å². The summed E-state index contributed by atoms with van der Waals surface area (Å²) in [6.07, 6.45) is 1.90. The molecule has 1 saturated heterocycles. The molecule has 1 unspecified atom stereocenters. The zero-order valence-electron chi connectivity index (χ0n) is 8.57. The molecule has 0 bridgehead atoms. The zero-order valence-corrected chi connectivity index (χ0v) is 9.39. The average molecular weight is 221 g/mol. The molecule has 0 amide bonds. The number of nitrogens with zero attached hydrogens (tertiary/aromatic N) is 1. The predicted octanol–water partition coefficient (Wildman–Crippen LogP) is -0.489. The van der Waals surface area contributed by atoms with E-state index in [1.54, 1.807) is 0 Å². The predicted molar refractivity (Wildman–Crippen MR) is 55.9 cm³/mol. The van der Waals surface area contributed by atoms with Gasteiger partial charge in [-0.3, -0.25) is 0 Å². The lowest BCUT2D eigenvalue weighted by atomic mass is 10.1. The van der Waals surface area contributed by atoms with Crippen molar-refractivity contribution in [1.82, 2.24) is 9.03 Å². The van der Waals surface area contributed by atoms with Gasteiger partial charge in [0.05, 0.1) is 0 Å². The van der Waals surface area contributed by atoms with Gasteiger partial charge in [-0.1, -0.05) is 13.3 Å². The lowest BCUT2D eigenvalue weighted by Crippen LogP contribution is -2.53. The number of unbranched alkanes of at least 4 members (excludes halogenated alkanes) is 1. The summed E-state index contributed by atoms with van der Waals surface area (Å²) in [6, 6.07) is 0. The molecule has 0 aliphatic carbocycles. The van der Waals surface area contributed by atoms with Crippen LogP contribution in [-0.4, -0.2) is 38.9 Å². The van der Waals surface area contributed by atoms with Crippen LogP contribution in [0.2, 0.25) is 0 Å². The number of nitrogens with two attached hydrogens (primary N) is 1. The van der Waals surface area contributed by atoms with Crippen molar-refractivity contribution >= 4 is 10.2 Å². The Kier molecular flexibility index (Phi) is 4.31. The summed E-state index contributed by atoms with van der Waals surface area (Å²) in [5, 5.41) is 0. The SMILES string of the molecule is CCCCN1CC(CN)CNS1(=O)=O. The molecule has 1 fully saturated rings. The van der Waals surface area contributed by atoms with Crippen LogP contribution in [0.5, 0.6) is 0 Å². The van der Waals surface area contributed by atoms with Gasteiger partial charge in [0.15, 0.2) is 0 Å². The largest absolute Gasteiger partial charge is 0.330 e. The lowest BCUT2D eigenvalue weighted by Gasteiger charge is -2.31. The second-order valence-electron chi connectivity index (χ2n) is 3.67. The van der Waals surface area contributed by atoms with E-state index in [0.717, 1.165) is 12.8 Å². The molecule has 6 heteroatoms. The standard InChI is InChI=1S/C8H19N3O2S/c1-2-3-4-11-7-8(5-9)6-10-14(11,12)13/h8,10H,2-7,9H2,1H3. The van der Waals surface area contributed by atoms with Gasteiger partial charge in [-0.2, -0.15) is 12.7 Å². The minimum atomic E-state index is -3.21. The third kappa shape index (κ3) is 2.91. The minimum Gasteiger partial charge on any atom is -0.330 e. The van der Waals surface area contributed by atoms with E-state index in [0.29, 0.717) is 26.2 Å². The molecule has 1 heterocycles. The van der Waals surface area contributed by atoms with E-state index < -0.39 is 10.2 Å². The summed E-state index contributed by atoms with van der Waals surface area (Å²) in [5.74, 6) is 0.246. The Balaban J connectivity index is 2.57. The highest BCUT2D eigenvalue weighted by molar-refractivity contribution is 7.87. The van der Waals surface area contributed by atoms with E-state index in [9.17, 15) is 8.42 Å². The minimum absolute atomic E-state index is 0.246. The maximum Gasteiger partial charge on any atom is 0.279 e. The molecule has 0 radical (unpaired) electrons. The molecule has 14 heavy (non-hydrogen) atoms. The second kappa shape index (κ2) is 5.06. The third-order valence-electron chi connectivity index (χ3n) is 2.45. The molecule has 3 N–H and O–H groups in total. The molecule has 84 valence electrons. The molecule has 0 aromatic carbocycles. The van der Waals surface area contributed by atoms with Crippen molar-refractivity contribution < 1.29 is 8.42 Å². The van der Waals surface area contributed by atoms with Crippen LogP contribution in [0.4, 0.5) is 0 Å². The van der Waals surface area contributed by atoms with Gasteiger partial charge < -0.3 is 5.73 Å². The summed E-state index contributed by atoms with van der Waals surface area (Å²) in [7, 11) is -3.21. The van der Waals surface area contributed by atoms with Gasteiger partial charge >= 0.3 is 0 Å². The fourth-order valence-corrected chi connectivity index (χ4v) is 2.87. The van der Waals surface area contributed by atoms with Gasteiger partial charge in [0.1, 0.15) is 0 Å². The monoisotopic (exact) mass is 221 g/mol. The Morgan fingerprint density at radius 3 is 2.86 bits per heavy atom. The van der Waals surface area contributed by atoms with E-state index >= 15 is 0 Å². The van der Waals surface area contributed by atoms with Crippen LogP contribution in [0.3, 0.4) is 0 Å². The maximum absolute atomic E-state index is 11.5. The first-order valence-corrected chi connectivity index (χ1v) is 6.49. The summed E-state index contributed by atoms with van der Waals surface area (Å²) in [6.45, 7) is 4.21. The fourth-order valence-electron chi connectivity index (χ4n) is 1.47.